The van der Waals surface area contributed by atoms with E-state index in [1.165, 1.54) is 12.8 Å². The smallest absolute Gasteiger partial charge is 0.226 e. The molecule has 0 rings (SSSR count). The molecule has 0 aromatic carbocycles. The Morgan fingerprint density at radius 1 is 0.800 bits per heavy atom. The number of nitrogens with one attached hydrogen (secondary N) is 1. The van der Waals surface area contributed by atoms with Crippen molar-refractivity contribution in [3.63, 3.8) is 0 Å². The Morgan fingerprint density at radius 3 is 1.60 bits per heavy atom. The second-order valence-corrected chi connectivity index (χ2v) is 11.2. The molecule has 0 spiro atoms. The first kappa shape index (κ1) is 24.5. The maximum Gasteiger partial charge on any atom is 0.226 e. The molecule has 1 N–H and O–H groups in total. The summed E-state index contributed by atoms with van der Waals surface area (Å²) in [6, 6.07) is 0. The summed E-state index contributed by atoms with van der Waals surface area (Å²) in [7, 11) is 0. The van der Waals surface area contributed by atoms with E-state index in [2.05, 4.69) is 88.4 Å². The number of rotatable bonds is 10. The normalized spacial score (nSPS) is 14.3. The predicted molar refractivity (Wildman–Crippen MR) is 112 cm³/mol. The van der Waals surface area contributed by atoms with E-state index in [0.717, 1.165) is 12.8 Å². The summed E-state index contributed by atoms with van der Waals surface area (Å²) >= 11 is 0. The van der Waals surface area contributed by atoms with E-state index in [1.54, 1.807) is 0 Å². The lowest BCUT2D eigenvalue weighted by Gasteiger charge is -2.42. The van der Waals surface area contributed by atoms with Crippen LogP contribution in [0.1, 0.15) is 109 Å². The van der Waals surface area contributed by atoms with Crippen LogP contribution in [0.3, 0.4) is 0 Å². The molecule has 0 aliphatic carbocycles. The maximum atomic E-state index is 13.1. The predicted octanol–water partition coefficient (Wildman–Crippen LogP) is 6.83. The standard InChI is InChI=1S/C23H47NO/c1-13-18(14-2)21(7,8)15-22(9,10)19(25)24-23(11,12)16-20(5,6)17(3)4/h17-18H,13-16H2,1-12H3,(H,24,25). The van der Waals surface area contributed by atoms with E-state index in [1.807, 2.05) is 0 Å². The van der Waals surface area contributed by atoms with Crippen LogP contribution >= 0.6 is 0 Å². The van der Waals surface area contributed by atoms with Gasteiger partial charge in [0, 0.05) is 11.0 Å². The fourth-order valence-electron chi connectivity index (χ4n) is 4.62. The molecule has 1 amide bonds. The molecule has 0 aromatic rings. The third kappa shape index (κ3) is 7.31. The van der Waals surface area contributed by atoms with Crippen molar-refractivity contribution >= 4 is 5.91 Å². The third-order valence-electron chi connectivity index (χ3n) is 6.52. The van der Waals surface area contributed by atoms with Crippen LogP contribution < -0.4 is 5.32 Å². The van der Waals surface area contributed by atoms with Crippen LogP contribution in [0.15, 0.2) is 0 Å². The largest absolute Gasteiger partial charge is 0.351 e. The molecule has 0 heterocycles. The third-order valence-corrected chi connectivity index (χ3v) is 6.52. The topological polar surface area (TPSA) is 29.1 Å². The first-order chi connectivity index (χ1) is 11.0. The van der Waals surface area contributed by atoms with Gasteiger partial charge in [-0.3, -0.25) is 4.79 Å². The van der Waals surface area contributed by atoms with Crippen LogP contribution in [-0.4, -0.2) is 11.4 Å². The van der Waals surface area contributed by atoms with Crippen molar-refractivity contribution in [3.05, 3.63) is 0 Å². The van der Waals surface area contributed by atoms with Crippen LogP contribution in [0.4, 0.5) is 0 Å². The van der Waals surface area contributed by atoms with Crippen LogP contribution in [0.2, 0.25) is 0 Å². The van der Waals surface area contributed by atoms with Gasteiger partial charge in [0.15, 0.2) is 0 Å². The van der Waals surface area contributed by atoms with Crippen molar-refractivity contribution < 1.29 is 4.79 Å². The highest BCUT2D eigenvalue weighted by Gasteiger charge is 2.40. The molecule has 0 aliphatic rings. The van der Waals surface area contributed by atoms with Gasteiger partial charge in [-0.2, -0.15) is 0 Å². The lowest BCUT2D eigenvalue weighted by atomic mass is 9.66. The van der Waals surface area contributed by atoms with Crippen molar-refractivity contribution in [1.29, 1.82) is 0 Å². The monoisotopic (exact) mass is 353 g/mol. The van der Waals surface area contributed by atoms with E-state index in [4.69, 9.17) is 0 Å². The Bertz CT molecular complexity index is 425. The van der Waals surface area contributed by atoms with E-state index in [0.29, 0.717) is 11.8 Å². The van der Waals surface area contributed by atoms with Gasteiger partial charge in [-0.1, -0.05) is 82.1 Å². The van der Waals surface area contributed by atoms with Gasteiger partial charge < -0.3 is 5.32 Å². The zero-order valence-corrected chi connectivity index (χ0v) is 19.4. The minimum atomic E-state index is -0.356. The van der Waals surface area contributed by atoms with Crippen molar-refractivity contribution in [1.82, 2.24) is 5.32 Å². The van der Waals surface area contributed by atoms with E-state index in [9.17, 15) is 4.79 Å². The molecule has 2 nitrogen and oxygen atoms in total. The summed E-state index contributed by atoms with van der Waals surface area (Å²) in [6.07, 6.45) is 4.25. The summed E-state index contributed by atoms with van der Waals surface area (Å²) in [4.78, 5) is 13.1. The summed E-state index contributed by atoms with van der Waals surface area (Å²) < 4.78 is 0. The van der Waals surface area contributed by atoms with Crippen molar-refractivity contribution in [2.24, 2.45) is 28.1 Å². The number of carbonyl (C=O) groups is 1. The van der Waals surface area contributed by atoms with Crippen LogP contribution in [0, 0.1) is 28.1 Å². The number of hydrogen-bond acceptors (Lipinski definition) is 1. The molecule has 0 aliphatic heterocycles. The highest BCUT2D eigenvalue weighted by atomic mass is 16.2. The first-order valence-corrected chi connectivity index (χ1v) is 10.3. The molecule has 0 unspecified atom stereocenters. The van der Waals surface area contributed by atoms with Crippen molar-refractivity contribution in [2.45, 2.75) is 114 Å². The highest BCUT2D eigenvalue weighted by molar-refractivity contribution is 5.82. The number of hydrogen-bond donors (Lipinski definition) is 1. The Labute approximate surface area is 158 Å². The van der Waals surface area contributed by atoms with Crippen molar-refractivity contribution in [3.8, 4) is 0 Å². The molecule has 0 fully saturated rings. The van der Waals surface area contributed by atoms with E-state index >= 15 is 0 Å². The average molecular weight is 354 g/mol. The fourth-order valence-corrected chi connectivity index (χ4v) is 4.62. The SMILES string of the molecule is CCC(CC)C(C)(C)CC(C)(C)C(=O)NC(C)(C)CC(C)(C)C(C)C. The Hall–Kier alpha value is -0.530. The van der Waals surface area contributed by atoms with Gasteiger partial charge in [-0.25, -0.2) is 0 Å². The quantitative estimate of drug-likeness (QED) is 0.458. The van der Waals surface area contributed by atoms with Crippen LogP contribution in [-0.2, 0) is 4.79 Å². The minimum Gasteiger partial charge on any atom is -0.351 e. The zero-order chi connectivity index (χ0) is 20.3. The molecular weight excluding hydrogens is 306 g/mol. The van der Waals surface area contributed by atoms with E-state index in [-0.39, 0.29) is 27.7 Å². The molecular formula is C23H47NO. The Kier molecular flexibility index (Phi) is 8.26. The van der Waals surface area contributed by atoms with Crippen LogP contribution in [0.25, 0.3) is 0 Å². The number of amides is 1. The Balaban J connectivity index is 5.14. The van der Waals surface area contributed by atoms with Gasteiger partial charge in [0.2, 0.25) is 5.91 Å². The van der Waals surface area contributed by atoms with Gasteiger partial charge in [-0.05, 0) is 49.4 Å². The number of carbonyl (C=O) groups excluding carboxylic acids is 1. The summed E-state index contributed by atoms with van der Waals surface area (Å²) in [5, 5.41) is 3.37. The molecule has 0 radical (unpaired) electrons. The highest BCUT2D eigenvalue weighted by Crippen LogP contribution is 2.43. The van der Waals surface area contributed by atoms with Gasteiger partial charge in [0.25, 0.3) is 0 Å². The fraction of sp³-hybridized carbons (Fsp3) is 0.957. The summed E-state index contributed by atoms with van der Waals surface area (Å²) in [5.74, 6) is 1.44. The molecule has 0 aromatic heterocycles. The second-order valence-electron chi connectivity index (χ2n) is 11.2. The lowest BCUT2D eigenvalue weighted by molar-refractivity contribution is -0.133. The minimum absolute atomic E-state index is 0.172. The van der Waals surface area contributed by atoms with Crippen molar-refractivity contribution in [2.75, 3.05) is 0 Å². The summed E-state index contributed by atoms with van der Waals surface area (Å²) in [5.41, 5.74) is -0.173. The second kappa shape index (κ2) is 8.44. The van der Waals surface area contributed by atoms with Gasteiger partial charge in [0.1, 0.15) is 0 Å². The summed E-state index contributed by atoms with van der Waals surface area (Å²) in [6.45, 7) is 26.8. The van der Waals surface area contributed by atoms with Gasteiger partial charge in [0.05, 0.1) is 0 Å². The van der Waals surface area contributed by atoms with Gasteiger partial charge in [-0.15, -0.1) is 0 Å². The molecule has 0 saturated carbocycles. The average Bonchev–Trinajstić information content (AvgIpc) is 2.35. The first-order valence-electron chi connectivity index (χ1n) is 10.3. The maximum absolute atomic E-state index is 13.1. The van der Waals surface area contributed by atoms with Crippen LogP contribution in [0.5, 0.6) is 0 Å². The Morgan fingerprint density at radius 2 is 1.24 bits per heavy atom. The molecule has 0 saturated heterocycles. The molecule has 150 valence electrons. The molecule has 0 bridgehead atoms. The van der Waals surface area contributed by atoms with E-state index < -0.39 is 0 Å². The molecule has 0 atom stereocenters. The molecule has 25 heavy (non-hydrogen) atoms. The lowest BCUT2D eigenvalue weighted by Crippen LogP contribution is -2.52. The molecule has 2 heteroatoms. The zero-order valence-electron chi connectivity index (χ0n) is 19.4. The van der Waals surface area contributed by atoms with Gasteiger partial charge >= 0.3 is 0 Å².